The normalized spacial score (nSPS) is 27.2. The van der Waals surface area contributed by atoms with Crippen molar-refractivity contribution >= 4 is 11.9 Å². The van der Waals surface area contributed by atoms with Gasteiger partial charge in [0.2, 0.25) is 0 Å². The molecule has 4 unspecified atom stereocenters. The van der Waals surface area contributed by atoms with Gasteiger partial charge >= 0.3 is 11.9 Å². The van der Waals surface area contributed by atoms with Crippen LogP contribution >= 0.6 is 0 Å². The van der Waals surface area contributed by atoms with E-state index in [1.165, 1.54) is 7.11 Å². The number of benzene rings is 1. The quantitative estimate of drug-likeness (QED) is 0.620. The molecule has 1 aliphatic rings. The van der Waals surface area contributed by atoms with Crippen molar-refractivity contribution in [2.75, 3.05) is 7.11 Å². The van der Waals surface area contributed by atoms with Gasteiger partial charge in [0.1, 0.15) is 6.61 Å². The molecule has 4 atom stereocenters. The van der Waals surface area contributed by atoms with Crippen LogP contribution in [-0.4, -0.2) is 19.0 Å². The molecule has 1 aliphatic carbocycles. The molecule has 22 heavy (non-hydrogen) atoms. The average molecular weight is 302 g/mol. The molecule has 0 bridgehead atoms. The summed E-state index contributed by atoms with van der Waals surface area (Å²) < 4.78 is 10.3. The van der Waals surface area contributed by atoms with Gasteiger partial charge < -0.3 is 9.47 Å². The maximum Gasteiger partial charge on any atom is 0.310 e. The Hall–Kier alpha value is -2.10. The Bertz CT molecular complexity index is 537. The molecule has 2 rings (SSSR count). The smallest absolute Gasteiger partial charge is 0.310 e. The summed E-state index contributed by atoms with van der Waals surface area (Å²) in [6, 6.07) is 9.50. The summed E-state index contributed by atoms with van der Waals surface area (Å²) in [6.45, 7) is 5.96. The van der Waals surface area contributed by atoms with Crippen molar-refractivity contribution in [1.29, 1.82) is 0 Å². The molecule has 1 saturated carbocycles. The summed E-state index contributed by atoms with van der Waals surface area (Å²) >= 11 is 0. The fourth-order valence-electron chi connectivity index (χ4n) is 3.25. The minimum Gasteiger partial charge on any atom is -0.469 e. The Morgan fingerprint density at radius 2 is 1.91 bits per heavy atom. The Morgan fingerprint density at radius 1 is 1.23 bits per heavy atom. The van der Waals surface area contributed by atoms with Crippen LogP contribution in [-0.2, 0) is 25.7 Å². The van der Waals surface area contributed by atoms with Gasteiger partial charge in [-0.2, -0.15) is 0 Å². The van der Waals surface area contributed by atoms with Crippen molar-refractivity contribution in [3.8, 4) is 0 Å². The van der Waals surface area contributed by atoms with Crippen LogP contribution in [0.2, 0.25) is 0 Å². The van der Waals surface area contributed by atoms with E-state index in [1.54, 1.807) is 6.08 Å². The van der Waals surface area contributed by atoms with Crippen LogP contribution < -0.4 is 0 Å². The fourth-order valence-corrected chi connectivity index (χ4v) is 3.25. The molecule has 0 saturated heterocycles. The van der Waals surface area contributed by atoms with Gasteiger partial charge in [0.15, 0.2) is 0 Å². The molecule has 0 heterocycles. The van der Waals surface area contributed by atoms with Crippen LogP contribution in [0.5, 0.6) is 0 Å². The van der Waals surface area contributed by atoms with E-state index >= 15 is 0 Å². The van der Waals surface area contributed by atoms with E-state index in [1.807, 2.05) is 37.3 Å². The van der Waals surface area contributed by atoms with Gasteiger partial charge in [0, 0.05) is 0 Å². The lowest BCUT2D eigenvalue weighted by Gasteiger charge is -2.21. The first-order chi connectivity index (χ1) is 10.6. The summed E-state index contributed by atoms with van der Waals surface area (Å²) in [5, 5.41) is 0. The van der Waals surface area contributed by atoms with E-state index in [0.717, 1.165) is 12.0 Å². The zero-order valence-corrected chi connectivity index (χ0v) is 13.0. The standard InChI is InChI=1S/C18H22O4/c1-4-14-10-12(2)15(16(14)17(19)21-3)18(20)22-11-13-8-6-5-7-9-13/h4-9,12,14-16H,1,10-11H2,2-3H3. The number of carbonyl (C=O) groups excluding carboxylic acids is 2. The van der Waals surface area contributed by atoms with Crippen LogP contribution in [0.4, 0.5) is 0 Å². The summed E-state index contributed by atoms with van der Waals surface area (Å²) in [5.74, 6) is -1.65. The predicted octanol–water partition coefficient (Wildman–Crippen LogP) is 2.98. The fraction of sp³-hybridized carbons (Fsp3) is 0.444. The number of rotatable bonds is 5. The maximum absolute atomic E-state index is 12.5. The first-order valence-electron chi connectivity index (χ1n) is 7.49. The van der Waals surface area contributed by atoms with Gasteiger partial charge in [-0.1, -0.05) is 43.3 Å². The highest BCUT2D eigenvalue weighted by molar-refractivity contribution is 5.83. The van der Waals surface area contributed by atoms with Gasteiger partial charge in [0.05, 0.1) is 18.9 Å². The molecule has 4 heteroatoms. The highest BCUT2D eigenvalue weighted by Crippen LogP contribution is 2.43. The van der Waals surface area contributed by atoms with Crippen molar-refractivity contribution in [2.45, 2.75) is 20.0 Å². The molecule has 0 spiro atoms. The highest BCUT2D eigenvalue weighted by Gasteiger charge is 2.49. The van der Waals surface area contributed by atoms with E-state index in [4.69, 9.17) is 9.47 Å². The van der Waals surface area contributed by atoms with Gasteiger partial charge in [-0.3, -0.25) is 9.59 Å². The van der Waals surface area contributed by atoms with Crippen LogP contribution in [0, 0.1) is 23.7 Å². The lowest BCUT2D eigenvalue weighted by Crippen LogP contribution is -2.33. The topological polar surface area (TPSA) is 52.6 Å². The SMILES string of the molecule is C=CC1CC(C)C(C(=O)OCc2ccccc2)C1C(=O)OC. The molecular weight excluding hydrogens is 280 g/mol. The summed E-state index contributed by atoms with van der Waals surface area (Å²) in [6.07, 6.45) is 2.48. The Balaban J connectivity index is 2.08. The Morgan fingerprint density at radius 3 is 2.50 bits per heavy atom. The predicted molar refractivity (Wildman–Crippen MR) is 82.7 cm³/mol. The lowest BCUT2D eigenvalue weighted by molar-refractivity contribution is -0.160. The maximum atomic E-state index is 12.5. The third-order valence-electron chi connectivity index (χ3n) is 4.38. The first-order valence-corrected chi connectivity index (χ1v) is 7.49. The number of carbonyl (C=O) groups is 2. The van der Waals surface area contributed by atoms with Crippen molar-refractivity contribution in [1.82, 2.24) is 0 Å². The van der Waals surface area contributed by atoms with Crippen LogP contribution in [0.1, 0.15) is 18.9 Å². The van der Waals surface area contributed by atoms with Gasteiger partial charge in [0.25, 0.3) is 0 Å². The van der Waals surface area contributed by atoms with Crippen LogP contribution in [0.25, 0.3) is 0 Å². The van der Waals surface area contributed by atoms with Gasteiger partial charge in [-0.05, 0) is 23.8 Å². The molecule has 4 nitrogen and oxygen atoms in total. The molecule has 0 N–H and O–H groups in total. The van der Waals surface area contributed by atoms with E-state index in [9.17, 15) is 9.59 Å². The number of hydrogen-bond donors (Lipinski definition) is 0. The largest absolute Gasteiger partial charge is 0.469 e. The number of methoxy groups -OCH3 is 1. The molecule has 1 aromatic carbocycles. The van der Waals surface area contributed by atoms with E-state index in [0.29, 0.717) is 0 Å². The molecule has 0 aliphatic heterocycles. The van der Waals surface area contributed by atoms with E-state index < -0.39 is 11.8 Å². The second-order valence-corrected chi connectivity index (χ2v) is 5.78. The minimum absolute atomic E-state index is 0.0447. The van der Waals surface area contributed by atoms with Crippen molar-refractivity contribution in [3.05, 3.63) is 48.6 Å². The average Bonchev–Trinajstić information content (AvgIpc) is 2.89. The highest BCUT2D eigenvalue weighted by atomic mass is 16.5. The molecule has 0 radical (unpaired) electrons. The lowest BCUT2D eigenvalue weighted by atomic mass is 9.87. The zero-order chi connectivity index (χ0) is 16.1. The molecule has 1 aromatic rings. The number of esters is 2. The summed E-state index contributed by atoms with van der Waals surface area (Å²) in [7, 11) is 1.35. The van der Waals surface area contributed by atoms with Gasteiger partial charge in [-0.25, -0.2) is 0 Å². The summed E-state index contributed by atoms with van der Waals surface area (Å²) in [5.41, 5.74) is 0.927. The van der Waals surface area contributed by atoms with Crippen molar-refractivity contribution < 1.29 is 19.1 Å². The molecule has 0 aromatic heterocycles. The minimum atomic E-state index is -0.499. The van der Waals surface area contributed by atoms with Crippen molar-refractivity contribution in [2.24, 2.45) is 23.7 Å². The van der Waals surface area contributed by atoms with Crippen LogP contribution in [0.15, 0.2) is 43.0 Å². The Labute approximate surface area is 131 Å². The first kappa shape index (κ1) is 16.3. The molecule has 118 valence electrons. The zero-order valence-electron chi connectivity index (χ0n) is 13.0. The third-order valence-corrected chi connectivity index (χ3v) is 4.38. The monoisotopic (exact) mass is 302 g/mol. The molecule has 0 amide bonds. The molecule has 1 fully saturated rings. The summed E-state index contributed by atoms with van der Waals surface area (Å²) in [4.78, 5) is 24.5. The van der Waals surface area contributed by atoms with Gasteiger partial charge in [-0.15, -0.1) is 6.58 Å². The van der Waals surface area contributed by atoms with Crippen molar-refractivity contribution in [3.63, 3.8) is 0 Å². The van der Waals surface area contributed by atoms with Crippen LogP contribution in [0.3, 0.4) is 0 Å². The van der Waals surface area contributed by atoms with E-state index in [-0.39, 0.29) is 30.4 Å². The number of allylic oxidation sites excluding steroid dienone is 1. The number of hydrogen-bond acceptors (Lipinski definition) is 4. The van der Waals surface area contributed by atoms with E-state index in [2.05, 4.69) is 6.58 Å². The molecular formula is C18H22O4. The second kappa shape index (κ2) is 7.25. The number of ether oxygens (including phenoxy) is 2. The third kappa shape index (κ3) is 3.38. The Kier molecular flexibility index (Phi) is 5.36. The second-order valence-electron chi connectivity index (χ2n) is 5.78.